The summed E-state index contributed by atoms with van der Waals surface area (Å²) in [4.78, 5) is 21.3. The molecule has 8 heteroatoms. The van der Waals surface area contributed by atoms with Gasteiger partial charge in [-0.05, 0) is 36.2 Å². The molecule has 0 aliphatic rings. The van der Waals surface area contributed by atoms with Gasteiger partial charge in [0, 0.05) is 22.9 Å². The molecule has 0 aromatic carbocycles. The minimum absolute atomic E-state index is 0. The Balaban J connectivity index is 0.00000208. The summed E-state index contributed by atoms with van der Waals surface area (Å²) >= 11 is 4.83. The molecular formula is C16H18ClN3OS3. The maximum absolute atomic E-state index is 12.4. The Morgan fingerprint density at radius 1 is 1.21 bits per heavy atom. The third-order valence-electron chi connectivity index (χ3n) is 3.30. The van der Waals surface area contributed by atoms with Gasteiger partial charge >= 0.3 is 0 Å². The molecule has 1 N–H and O–H groups in total. The molecule has 0 saturated carbocycles. The number of nitrogens with zero attached hydrogens (tertiary/aromatic N) is 2. The summed E-state index contributed by atoms with van der Waals surface area (Å²) in [6.07, 6.45) is 1.08. The number of carbonyl (C=O) groups excluding carboxylic acids is 1. The number of thiazole rings is 2. The lowest BCUT2D eigenvalue weighted by atomic mass is 10.1. The van der Waals surface area contributed by atoms with Gasteiger partial charge < -0.3 is 5.32 Å². The van der Waals surface area contributed by atoms with Crippen LogP contribution in [0.5, 0.6) is 0 Å². The van der Waals surface area contributed by atoms with Crippen LogP contribution in [-0.2, 0) is 17.6 Å². The molecule has 1 atom stereocenters. The molecule has 24 heavy (non-hydrogen) atoms. The molecule has 1 unspecified atom stereocenters. The van der Waals surface area contributed by atoms with Crippen molar-refractivity contribution >= 4 is 52.3 Å². The van der Waals surface area contributed by atoms with Crippen LogP contribution in [0.2, 0.25) is 0 Å². The highest BCUT2D eigenvalue weighted by molar-refractivity contribution is 7.10. The van der Waals surface area contributed by atoms with Gasteiger partial charge in [0.05, 0.1) is 23.2 Å². The zero-order valence-corrected chi connectivity index (χ0v) is 16.6. The minimum Gasteiger partial charge on any atom is -0.346 e. The Morgan fingerprint density at radius 3 is 2.62 bits per heavy atom. The molecule has 1 amide bonds. The predicted octanol–water partition coefficient (Wildman–Crippen LogP) is 4.34. The second-order valence-electron chi connectivity index (χ2n) is 5.32. The average Bonchev–Trinajstić information content (AvgIpc) is 3.22. The summed E-state index contributed by atoms with van der Waals surface area (Å²) in [6.45, 7) is 3.92. The van der Waals surface area contributed by atoms with Crippen molar-refractivity contribution < 1.29 is 4.79 Å². The van der Waals surface area contributed by atoms with E-state index in [1.165, 1.54) is 5.56 Å². The Hall–Kier alpha value is -1.28. The highest BCUT2D eigenvalue weighted by Gasteiger charge is 2.19. The van der Waals surface area contributed by atoms with Crippen molar-refractivity contribution in [3.05, 3.63) is 54.6 Å². The molecule has 0 radical (unpaired) electrons. The standard InChI is InChI=1S/C16H17N3OS3.ClH/c1-10-7-23-16(17-10)14(5-12-3-4-21-8-12)19-15(20)6-13-9-22-11(2)18-13;/h3-4,7-9,14H,5-6H2,1-2H3,(H,19,20);1H. The minimum atomic E-state index is -0.0875. The normalized spacial score (nSPS) is 11.8. The number of aromatic nitrogens is 2. The number of carbonyl (C=O) groups is 1. The molecule has 3 aromatic heterocycles. The first kappa shape index (κ1) is 19.1. The van der Waals surface area contributed by atoms with E-state index in [9.17, 15) is 4.79 Å². The van der Waals surface area contributed by atoms with Crippen molar-refractivity contribution in [1.29, 1.82) is 0 Å². The molecule has 0 bridgehead atoms. The van der Waals surface area contributed by atoms with Crippen molar-refractivity contribution in [2.24, 2.45) is 0 Å². The summed E-state index contributed by atoms with van der Waals surface area (Å²) < 4.78 is 0. The molecule has 0 spiro atoms. The van der Waals surface area contributed by atoms with Gasteiger partial charge in [-0.2, -0.15) is 11.3 Å². The first-order valence-corrected chi connectivity index (χ1v) is 9.94. The Labute approximate surface area is 159 Å². The fraction of sp³-hybridized carbons (Fsp3) is 0.312. The van der Waals surface area contributed by atoms with Crippen molar-refractivity contribution in [3.8, 4) is 0 Å². The van der Waals surface area contributed by atoms with E-state index >= 15 is 0 Å². The summed E-state index contributed by atoms with van der Waals surface area (Å²) in [5, 5.41) is 13.2. The molecule has 3 heterocycles. The maximum Gasteiger partial charge on any atom is 0.226 e. The second-order valence-corrected chi connectivity index (χ2v) is 8.05. The monoisotopic (exact) mass is 399 g/mol. The molecule has 0 aliphatic carbocycles. The molecule has 0 aliphatic heterocycles. The fourth-order valence-corrected chi connectivity index (χ4v) is 4.42. The van der Waals surface area contributed by atoms with Gasteiger partial charge in [0.2, 0.25) is 5.91 Å². The Bertz CT molecular complexity index is 782. The van der Waals surface area contributed by atoms with Crippen LogP contribution in [-0.4, -0.2) is 15.9 Å². The van der Waals surface area contributed by atoms with E-state index in [1.54, 1.807) is 34.0 Å². The molecule has 3 aromatic rings. The second kappa shape index (κ2) is 8.71. The van der Waals surface area contributed by atoms with Crippen LogP contribution < -0.4 is 5.32 Å². The number of thiophene rings is 1. The maximum atomic E-state index is 12.4. The van der Waals surface area contributed by atoms with Gasteiger partial charge in [-0.25, -0.2) is 9.97 Å². The first-order valence-electron chi connectivity index (χ1n) is 7.23. The van der Waals surface area contributed by atoms with Gasteiger partial charge in [-0.3, -0.25) is 4.79 Å². The van der Waals surface area contributed by atoms with E-state index in [0.717, 1.165) is 27.8 Å². The zero-order valence-electron chi connectivity index (χ0n) is 13.3. The summed E-state index contributed by atoms with van der Waals surface area (Å²) in [6, 6.07) is 2.00. The number of aryl methyl sites for hydroxylation is 2. The Kier molecular flexibility index (Phi) is 6.91. The van der Waals surface area contributed by atoms with Crippen LogP contribution in [0.25, 0.3) is 0 Å². The number of hydrogen-bond acceptors (Lipinski definition) is 6. The van der Waals surface area contributed by atoms with Crippen molar-refractivity contribution in [2.45, 2.75) is 32.7 Å². The lowest BCUT2D eigenvalue weighted by Gasteiger charge is -2.16. The van der Waals surface area contributed by atoms with Crippen LogP contribution in [0.4, 0.5) is 0 Å². The highest BCUT2D eigenvalue weighted by Crippen LogP contribution is 2.23. The van der Waals surface area contributed by atoms with E-state index in [4.69, 9.17) is 0 Å². The molecule has 128 valence electrons. The summed E-state index contributed by atoms with van der Waals surface area (Å²) in [7, 11) is 0. The van der Waals surface area contributed by atoms with Crippen LogP contribution in [0.3, 0.4) is 0 Å². The van der Waals surface area contributed by atoms with Gasteiger partial charge in [0.1, 0.15) is 5.01 Å². The van der Waals surface area contributed by atoms with E-state index in [-0.39, 0.29) is 24.4 Å². The van der Waals surface area contributed by atoms with Gasteiger partial charge in [0.25, 0.3) is 0 Å². The SMILES string of the molecule is Cc1csc(C(Cc2ccsc2)NC(=O)Cc2csc(C)n2)n1.Cl. The molecule has 0 fully saturated rings. The van der Waals surface area contributed by atoms with Crippen LogP contribution in [0, 0.1) is 13.8 Å². The third-order valence-corrected chi connectivity index (χ3v) is 5.93. The number of halogens is 1. The summed E-state index contributed by atoms with van der Waals surface area (Å²) in [5.74, 6) is -0.0108. The molecule has 3 rings (SSSR count). The summed E-state index contributed by atoms with van der Waals surface area (Å²) in [5.41, 5.74) is 3.04. The number of nitrogens with one attached hydrogen (secondary N) is 1. The highest BCUT2D eigenvalue weighted by atomic mass is 35.5. The largest absolute Gasteiger partial charge is 0.346 e. The fourth-order valence-electron chi connectivity index (χ4n) is 2.28. The van der Waals surface area contributed by atoms with Crippen molar-refractivity contribution in [3.63, 3.8) is 0 Å². The Morgan fingerprint density at radius 2 is 2.04 bits per heavy atom. The van der Waals surface area contributed by atoms with E-state index in [1.807, 2.05) is 24.6 Å². The van der Waals surface area contributed by atoms with Crippen LogP contribution in [0.1, 0.15) is 33.0 Å². The lowest BCUT2D eigenvalue weighted by molar-refractivity contribution is -0.121. The van der Waals surface area contributed by atoms with Crippen LogP contribution in [0.15, 0.2) is 27.6 Å². The molecule has 0 saturated heterocycles. The third kappa shape index (κ3) is 5.11. The van der Waals surface area contributed by atoms with E-state index in [2.05, 4.69) is 32.1 Å². The number of amides is 1. The zero-order chi connectivity index (χ0) is 16.2. The van der Waals surface area contributed by atoms with Crippen LogP contribution >= 0.6 is 46.4 Å². The predicted molar refractivity (Wildman–Crippen MR) is 104 cm³/mol. The van der Waals surface area contributed by atoms with Gasteiger partial charge in [0.15, 0.2) is 0 Å². The quantitative estimate of drug-likeness (QED) is 0.670. The van der Waals surface area contributed by atoms with Crippen molar-refractivity contribution in [2.75, 3.05) is 0 Å². The number of rotatable bonds is 6. The molecular weight excluding hydrogens is 382 g/mol. The average molecular weight is 400 g/mol. The van der Waals surface area contributed by atoms with Gasteiger partial charge in [-0.1, -0.05) is 0 Å². The van der Waals surface area contributed by atoms with Gasteiger partial charge in [-0.15, -0.1) is 35.1 Å². The first-order chi connectivity index (χ1) is 11.1. The number of hydrogen-bond donors (Lipinski definition) is 1. The topological polar surface area (TPSA) is 54.9 Å². The van der Waals surface area contributed by atoms with Crippen molar-refractivity contribution in [1.82, 2.24) is 15.3 Å². The lowest BCUT2D eigenvalue weighted by Crippen LogP contribution is -2.31. The smallest absolute Gasteiger partial charge is 0.226 e. The molecule has 4 nitrogen and oxygen atoms in total. The van der Waals surface area contributed by atoms with E-state index in [0.29, 0.717) is 6.42 Å². The van der Waals surface area contributed by atoms with E-state index < -0.39 is 0 Å².